The fourth-order valence-corrected chi connectivity index (χ4v) is 2.86. The Hall–Kier alpha value is -2.53. The number of amides is 1. The number of aromatic amines is 1. The summed E-state index contributed by atoms with van der Waals surface area (Å²) in [5.41, 5.74) is 3.85. The van der Waals surface area contributed by atoms with Crippen molar-refractivity contribution >= 4 is 40.8 Å². The highest BCUT2D eigenvalue weighted by Gasteiger charge is 2.25. The van der Waals surface area contributed by atoms with Crippen LogP contribution in [0.25, 0.3) is 11.6 Å². The molecule has 1 aromatic carbocycles. The monoisotopic (exact) mass is 316 g/mol. The molecule has 1 aromatic heterocycles. The maximum absolute atomic E-state index is 12.1. The van der Waals surface area contributed by atoms with Crippen molar-refractivity contribution in [2.24, 2.45) is 0 Å². The molecule has 0 fully saturated rings. The Kier molecular flexibility index (Phi) is 3.30. The fourth-order valence-electron chi connectivity index (χ4n) is 2.69. The Bertz CT molecular complexity index is 849. The zero-order valence-electron chi connectivity index (χ0n) is 12.0. The van der Waals surface area contributed by atoms with Gasteiger partial charge in [-0.15, -0.1) is 0 Å². The molecule has 0 saturated carbocycles. The van der Waals surface area contributed by atoms with Gasteiger partial charge < -0.3 is 15.4 Å². The van der Waals surface area contributed by atoms with E-state index in [1.165, 1.54) is 0 Å². The summed E-state index contributed by atoms with van der Waals surface area (Å²) in [4.78, 5) is 26.4. The molecule has 0 unspecified atom stereocenters. The zero-order valence-corrected chi connectivity index (χ0v) is 12.7. The van der Waals surface area contributed by atoms with Gasteiger partial charge in [-0.1, -0.05) is 11.6 Å². The van der Waals surface area contributed by atoms with Crippen molar-refractivity contribution in [3.05, 3.63) is 51.3 Å². The molecule has 0 bridgehead atoms. The van der Waals surface area contributed by atoms with Gasteiger partial charge in [0.25, 0.3) is 5.91 Å². The van der Waals surface area contributed by atoms with Gasteiger partial charge in [0.1, 0.15) is 0 Å². The quantitative estimate of drug-likeness (QED) is 0.742. The first-order chi connectivity index (χ1) is 10.4. The van der Waals surface area contributed by atoms with Crippen molar-refractivity contribution in [1.29, 1.82) is 0 Å². The van der Waals surface area contributed by atoms with Gasteiger partial charge in [0.2, 0.25) is 0 Å². The van der Waals surface area contributed by atoms with Crippen LogP contribution in [0.15, 0.2) is 18.2 Å². The smallest absolute Gasteiger partial charge is 0.337 e. The maximum atomic E-state index is 12.1. The minimum Gasteiger partial charge on any atom is -0.478 e. The minimum atomic E-state index is -0.991. The first kappa shape index (κ1) is 14.4. The van der Waals surface area contributed by atoms with Crippen LogP contribution in [-0.2, 0) is 4.79 Å². The third-order valence-corrected chi connectivity index (χ3v) is 3.98. The molecule has 112 valence electrons. The number of H-pyrrole nitrogens is 1. The number of hydrogen-bond acceptors (Lipinski definition) is 2. The van der Waals surface area contributed by atoms with Gasteiger partial charge in [-0.2, -0.15) is 0 Å². The number of anilines is 1. The number of halogens is 1. The zero-order chi connectivity index (χ0) is 16.0. The topological polar surface area (TPSA) is 82.2 Å². The molecule has 2 heterocycles. The van der Waals surface area contributed by atoms with Crippen LogP contribution >= 0.6 is 11.6 Å². The normalized spacial score (nSPS) is 15.0. The minimum absolute atomic E-state index is 0.233. The molecule has 5 nitrogen and oxygen atoms in total. The van der Waals surface area contributed by atoms with Gasteiger partial charge in [-0.25, -0.2) is 4.79 Å². The number of benzene rings is 1. The third kappa shape index (κ3) is 2.19. The Morgan fingerprint density at radius 1 is 1.32 bits per heavy atom. The van der Waals surface area contributed by atoms with Crippen LogP contribution in [0.1, 0.15) is 32.9 Å². The van der Waals surface area contributed by atoms with E-state index in [0.29, 0.717) is 38.8 Å². The Morgan fingerprint density at radius 3 is 2.68 bits per heavy atom. The Labute approximate surface area is 131 Å². The number of aromatic carboxylic acids is 1. The molecule has 2 aromatic rings. The SMILES string of the molecule is Cc1[nH]c(/C=C2\C(=O)Nc3ccc(Cl)cc32)c(C)c1C(=O)O. The van der Waals surface area contributed by atoms with Crippen LogP contribution < -0.4 is 5.32 Å². The van der Waals surface area contributed by atoms with Crippen molar-refractivity contribution in [3.63, 3.8) is 0 Å². The summed E-state index contributed by atoms with van der Waals surface area (Å²) in [6, 6.07) is 5.16. The van der Waals surface area contributed by atoms with Crippen LogP contribution in [0, 0.1) is 13.8 Å². The van der Waals surface area contributed by atoms with Gasteiger partial charge in [-0.3, -0.25) is 4.79 Å². The summed E-state index contributed by atoms with van der Waals surface area (Å²) >= 11 is 5.99. The van der Waals surface area contributed by atoms with Crippen LogP contribution in [-0.4, -0.2) is 22.0 Å². The van der Waals surface area contributed by atoms with Crippen molar-refractivity contribution in [2.75, 3.05) is 5.32 Å². The first-order valence-electron chi connectivity index (χ1n) is 6.64. The number of rotatable bonds is 2. The van der Waals surface area contributed by atoms with Crippen LogP contribution in [0.4, 0.5) is 5.69 Å². The summed E-state index contributed by atoms with van der Waals surface area (Å²) < 4.78 is 0. The lowest BCUT2D eigenvalue weighted by Crippen LogP contribution is -2.03. The maximum Gasteiger partial charge on any atom is 0.337 e. The molecule has 0 spiro atoms. The van der Waals surface area contributed by atoms with Gasteiger partial charge in [0.15, 0.2) is 0 Å². The van der Waals surface area contributed by atoms with E-state index in [2.05, 4.69) is 10.3 Å². The van der Waals surface area contributed by atoms with Gasteiger partial charge in [0, 0.05) is 27.7 Å². The molecule has 6 heteroatoms. The van der Waals surface area contributed by atoms with Gasteiger partial charge in [-0.05, 0) is 43.7 Å². The summed E-state index contributed by atoms with van der Waals surface area (Å²) in [6.45, 7) is 3.41. The second-order valence-electron chi connectivity index (χ2n) is 5.17. The number of carboxylic acids is 1. The Balaban J connectivity index is 2.15. The number of carbonyl (C=O) groups excluding carboxylic acids is 1. The third-order valence-electron chi connectivity index (χ3n) is 3.74. The van der Waals surface area contributed by atoms with Crippen LogP contribution in [0.3, 0.4) is 0 Å². The van der Waals surface area contributed by atoms with Crippen molar-refractivity contribution in [1.82, 2.24) is 4.98 Å². The molecule has 1 aliphatic rings. The molecule has 22 heavy (non-hydrogen) atoms. The van der Waals surface area contributed by atoms with Gasteiger partial charge in [0.05, 0.1) is 11.1 Å². The lowest BCUT2D eigenvalue weighted by atomic mass is 10.0. The molecule has 0 atom stereocenters. The van der Waals surface area contributed by atoms with Crippen molar-refractivity contribution in [3.8, 4) is 0 Å². The highest BCUT2D eigenvalue weighted by molar-refractivity contribution is 6.36. The van der Waals surface area contributed by atoms with E-state index in [4.69, 9.17) is 11.6 Å². The molecular formula is C16H13ClN2O3. The number of carbonyl (C=O) groups is 2. The summed E-state index contributed by atoms with van der Waals surface area (Å²) in [5, 5.41) is 12.5. The number of aryl methyl sites for hydroxylation is 1. The van der Waals surface area contributed by atoms with Crippen LogP contribution in [0.2, 0.25) is 5.02 Å². The second kappa shape index (κ2) is 5.03. The van der Waals surface area contributed by atoms with E-state index < -0.39 is 5.97 Å². The van der Waals surface area contributed by atoms with E-state index in [1.807, 2.05) is 0 Å². The molecule has 1 aliphatic heterocycles. The highest BCUT2D eigenvalue weighted by atomic mass is 35.5. The molecule has 1 amide bonds. The average molecular weight is 317 g/mol. The molecule has 3 N–H and O–H groups in total. The highest BCUT2D eigenvalue weighted by Crippen LogP contribution is 2.35. The lowest BCUT2D eigenvalue weighted by Gasteiger charge is -1.99. The average Bonchev–Trinajstić information content (AvgIpc) is 2.88. The number of carboxylic acid groups (broad SMARTS) is 1. The van der Waals surface area contributed by atoms with E-state index in [1.54, 1.807) is 38.1 Å². The van der Waals surface area contributed by atoms with E-state index in [0.717, 1.165) is 0 Å². The Morgan fingerprint density at radius 2 is 2.05 bits per heavy atom. The summed E-state index contributed by atoms with van der Waals surface area (Å²) in [6.07, 6.45) is 1.66. The van der Waals surface area contributed by atoms with E-state index in [9.17, 15) is 14.7 Å². The van der Waals surface area contributed by atoms with Crippen molar-refractivity contribution in [2.45, 2.75) is 13.8 Å². The molecule has 0 aliphatic carbocycles. The molecule has 0 saturated heterocycles. The first-order valence-corrected chi connectivity index (χ1v) is 7.01. The van der Waals surface area contributed by atoms with E-state index in [-0.39, 0.29) is 11.5 Å². The van der Waals surface area contributed by atoms with Crippen molar-refractivity contribution < 1.29 is 14.7 Å². The molecule has 0 radical (unpaired) electrons. The summed E-state index contributed by atoms with van der Waals surface area (Å²) in [7, 11) is 0. The summed E-state index contributed by atoms with van der Waals surface area (Å²) in [5.74, 6) is -1.23. The largest absolute Gasteiger partial charge is 0.478 e. The van der Waals surface area contributed by atoms with Crippen LogP contribution in [0.5, 0.6) is 0 Å². The van der Waals surface area contributed by atoms with E-state index >= 15 is 0 Å². The predicted molar refractivity (Wildman–Crippen MR) is 85.2 cm³/mol. The number of aromatic nitrogens is 1. The number of hydrogen-bond donors (Lipinski definition) is 3. The second-order valence-corrected chi connectivity index (χ2v) is 5.61. The standard InChI is InChI=1S/C16H13ClN2O3/c1-7-13(18-8(2)14(7)16(21)22)6-11-10-5-9(17)3-4-12(10)19-15(11)20/h3-6,18H,1-2H3,(H,19,20)(H,21,22)/b11-6-. The van der Waals surface area contributed by atoms with Gasteiger partial charge >= 0.3 is 5.97 Å². The number of fused-ring (bicyclic) bond motifs is 1. The predicted octanol–water partition coefficient (Wildman–Crippen LogP) is 3.48. The number of nitrogens with one attached hydrogen (secondary N) is 2. The lowest BCUT2D eigenvalue weighted by molar-refractivity contribution is -0.110. The fraction of sp³-hybridized carbons (Fsp3) is 0.125. The molecular weight excluding hydrogens is 304 g/mol. The molecule has 3 rings (SSSR count).